The van der Waals surface area contributed by atoms with Crippen molar-refractivity contribution in [1.29, 1.82) is 0 Å². The van der Waals surface area contributed by atoms with Gasteiger partial charge in [-0.15, -0.1) is 0 Å². The van der Waals surface area contributed by atoms with Crippen molar-refractivity contribution in [1.82, 2.24) is 29.1 Å². The fraction of sp³-hybridized carbons (Fsp3) is 0. The van der Waals surface area contributed by atoms with Crippen LogP contribution in [0.2, 0.25) is 0 Å². The second-order valence-electron chi connectivity index (χ2n) is 11.6. The minimum Gasteiger partial charge on any atom is -0.310 e. The summed E-state index contributed by atoms with van der Waals surface area (Å²) in [7, 11) is 0. The topological polar surface area (TPSA) is 61.4 Å². The molecule has 0 amide bonds. The van der Waals surface area contributed by atoms with Crippen molar-refractivity contribution in [2.75, 3.05) is 0 Å². The number of hydrogen-bond donors (Lipinski definition) is 0. The first-order valence-corrected chi connectivity index (χ1v) is 15.9. The van der Waals surface area contributed by atoms with E-state index < -0.39 is 0 Å². The van der Waals surface area contributed by atoms with Gasteiger partial charge in [-0.1, -0.05) is 48.5 Å². The van der Waals surface area contributed by atoms with E-state index in [2.05, 4.69) is 131 Å². The number of rotatable bonds is 4. The summed E-state index contributed by atoms with van der Waals surface area (Å²) in [6, 6.07) is 45.7. The molecule has 5 aromatic heterocycles. The maximum Gasteiger partial charge on any atom is 0.0730 e. The third-order valence-corrected chi connectivity index (χ3v) is 8.58. The van der Waals surface area contributed by atoms with E-state index >= 15 is 0 Å². The predicted octanol–water partition coefficient (Wildman–Crippen LogP) is 9.70. The van der Waals surface area contributed by atoms with Gasteiger partial charge < -0.3 is 9.13 Å². The number of nitrogens with zero attached hydrogens (tertiary/aromatic N) is 6. The lowest BCUT2D eigenvalue weighted by molar-refractivity contribution is 1.16. The van der Waals surface area contributed by atoms with Crippen LogP contribution in [0.15, 0.2) is 146 Å². The third kappa shape index (κ3) is 4.93. The highest BCUT2D eigenvalue weighted by Crippen LogP contribution is 2.42. The molecule has 8 bridgehead atoms. The zero-order valence-corrected chi connectivity index (χ0v) is 25.8. The van der Waals surface area contributed by atoms with Crippen molar-refractivity contribution >= 4 is 46.4 Å². The molecule has 0 spiro atoms. The van der Waals surface area contributed by atoms with Crippen molar-refractivity contribution in [2.45, 2.75) is 0 Å². The Kier molecular flexibility index (Phi) is 6.68. The quantitative estimate of drug-likeness (QED) is 0.198. The molecule has 2 aromatic carbocycles. The van der Waals surface area contributed by atoms with E-state index in [4.69, 9.17) is 19.9 Å². The Morgan fingerprint density at radius 3 is 1.23 bits per heavy atom. The molecule has 0 aliphatic carbocycles. The van der Waals surface area contributed by atoms with E-state index in [-0.39, 0.29) is 0 Å². The molecule has 0 atom stereocenters. The van der Waals surface area contributed by atoms with Gasteiger partial charge in [0, 0.05) is 45.9 Å². The van der Waals surface area contributed by atoms with Crippen molar-refractivity contribution < 1.29 is 0 Å². The molecular formula is C42H28N6. The van der Waals surface area contributed by atoms with Crippen LogP contribution in [0, 0.1) is 0 Å². The average Bonchev–Trinajstić information content (AvgIpc) is 3.93. The summed E-state index contributed by atoms with van der Waals surface area (Å²) >= 11 is 0. The van der Waals surface area contributed by atoms with Crippen molar-refractivity contribution in [2.24, 2.45) is 0 Å². The molecule has 6 heteroatoms. The Balaban J connectivity index is 1.48. The molecule has 0 fully saturated rings. The first-order chi connectivity index (χ1) is 23.8. The number of pyridine rings is 2. The molecule has 2 aliphatic heterocycles. The Labute approximate surface area is 277 Å². The lowest BCUT2D eigenvalue weighted by Crippen LogP contribution is -1.94. The maximum atomic E-state index is 5.12. The van der Waals surface area contributed by atoms with Crippen molar-refractivity contribution in [3.05, 3.63) is 169 Å². The minimum absolute atomic E-state index is 0.845. The molecule has 2 aliphatic rings. The van der Waals surface area contributed by atoms with Crippen LogP contribution in [0.1, 0.15) is 22.8 Å². The van der Waals surface area contributed by atoms with Gasteiger partial charge in [0.2, 0.25) is 0 Å². The summed E-state index contributed by atoms with van der Waals surface area (Å²) in [5, 5.41) is 0. The molecule has 7 aromatic rings. The normalized spacial score (nSPS) is 12.0. The van der Waals surface area contributed by atoms with Crippen LogP contribution in [0.5, 0.6) is 0 Å². The van der Waals surface area contributed by atoms with Gasteiger partial charge in [0.15, 0.2) is 0 Å². The fourth-order valence-electron chi connectivity index (χ4n) is 6.54. The van der Waals surface area contributed by atoms with Gasteiger partial charge in [-0.2, -0.15) is 0 Å². The standard InChI is InChI=1S/C42H28N6/c1-3-11-33(12-4-1)47-35-21-22-36(47)26-30-18-20-32(46-30)28-40-42(38-16-8-10-24-44-38)41(37-15-7-9-23-43-37)39(27-31-19-17-29(25-35)45-31)48(40)34-13-5-2-6-14-34/h1-28H. The molecule has 0 N–H and O–H groups in total. The van der Waals surface area contributed by atoms with Gasteiger partial charge in [-0.3, -0.25) is 9.97 Å². The van der Waals surface area contributed by atoms with E-state index in [9.17, 15) is 0 Å². The first kappa shape index (κ1) is 27.6. The zero-order valence-electron chi connectivity index (χ0n) is 25.8. The van der Waals surface area contributed by atoms with Gasteiger partial charge in [0.1, 0.15) is 0 Å². The highest BCUT2D eigenvalue weighted by Gasteiger charge is 2.23. The van der Waals surface area contributed by atoms with Gasteiger partial charge in [0.25, 0.3) is 0 Å². The van der Waals surface area contributed by atoms with Crippen LogP contribution < -0.4 is 0 Å². The van der Waals surface area contributed by atoms with E-state index in [1.54, 1.807) is 0 Å². The van der Waals surface area contributed by atoms with Gasteiger partial charge >= 0.3 is 0 Å². The van der Waals surface area contributed by atoms with Gasteiger partial charge in [-0.05, 0) is 109 Å². The number of fused-ring (bicyclic) bond motifs is 8. The number of para-hydroxylation sites is 2. The summed E-state index contributed by atoms with van der Waals surface area (Å²) in [5.74, 6) is 0. The lowest BCUT2D eigenvalue weighted by Gasteiger charge is -2.07. The van der Waals surface area contributed by atoms with Crippen LogP contribution in [0.25, 0.3) is 80.3 Å². The molecule has 0 saturated carbocycles. The molecule has 7 heterocycles. The van der Waals surface area contributed by atoms with Gasteiger partial charge in [0.05, 0.1) is 45.2 Å². The number of hydrogen-bond acceptors (Lipinski definition) is 4. The largest absolute Gasteiger partial charge is 0.310 e. The molecule has 6 nitrogen and oxygen atoms in total. The Bertz CT molecular complexity index is 2390. The average molecular weight is 617 g/mol. The van der Waals surface area contributed by atoms with Crippen LogP contribution >= 0.6 is 0 Å². The number of benzene rings is 2. The van der Waals surface area contributed by atoms with E-state index in [1.807, 2.05) is 48.8 Å². The summed E-state index contributed by atoms with van der Waals surface area (Å²) in [5.41, 5.74) is 13.1. The molecular weight excluding hydrogens is 589 g/mol. The van der Waals surface area contributed by atoms with Crippen LogP contribution in [-0.4, -0.2) is 29.1 Å². The van der Waals surface area contributed by atoms with E-state index in [1.165, 1.54) is 0 Å². The highest BCUT2D eigenvalue weighted by atomic mass is 15.0. The first-order valence-electron chi connectivity index (χ1n) is 15.9. The molecule has 226 valence electrons. The summed E-state index contributed by atoms with van der Waals surface area (Å²) in [6.07, 6.45) is 12.0. The van der Waals surface area contributed by atoms with Crippen LogP contribution in [0.4, 0.5) is 0 Å². The van der Waals surface area contributed by atoms with E-state index in [0.717, 1.165) is 78.7 Å². The highest BCUT2D eigenvalue weighted by molar-refractivity contribution is 6.04. The van der Waals surface area contributed by atoms with Crippen LogP contribution in [0.3, 0.4) is 0 Å². The fourth-order valence-corrected chi connectivity index (χ4v) is 6.54. The second kappa shape index (κ2) is 11.6. The monoisotopic (exact) mass is 616 g/mol. The predicted molar refractivity (Wildman–Crippen MR) is 195 cm³/mol. The smallest absolute Gasteiger partial charge is 0.0730 e. The van der Waals surface area contributed by atoms with Crippen LogP contribution in [-0.2, 0) is 0 Å². The Hall–Kier alpha value is -6.66. The minimum atomic E-state index is 0.845. The summed E-state index contributed by atoms with van der Waals surface area (Å²) in [6.45, 7) is 0. The van der Waals surface area contributed by atoms with Crippen molar-refractivity contribution in [3.8, 4) is 33.9 Å². The molecule has 0 radical (unpaired) electrons. The molecule has 0 saturated heterocycles. The SMILES string of the molecule is C1=Cc2cc3c(-c4ccccn4)c(-c4ccccn4)c(cc4nc(cc5ccc(cc1n2)n5-c1ccccc1)C=C4)n3-c1ccccc1. The third-order valence-electron chi connectivity index (χ3n) is 8.58. The van der Waals surface area contributed by atoms with Crippen molar-refractivity contribution in [3.63, 3.8) is 0 Å². The summed E-state index contributed by atoms with van der Waals surface area (Å²) in [4.78, 5) is 20.0. The zero-order chi connectivity index (χ0) is 31.9. The van der Waals surface area contributed by atoms with E-state index in [0.29, 0.717) is 0 Å². The number of aromatic nitrogens is 6. The Morgan fingerprint density at radius 2 is 0.792 bits per heavy atom. The Morgan fingerprint density at radius 1 is 0.375 bits per heavy atom. The lowest BCUT2D eigenvalue weighted by atomic mass is 10.0. The summed E-state index contributed by atoms with van der Waals surface area (Å²) < 4.78 is 4.52. The second-order valence-corrected chi connectivity index (χ2v) is 11.6. The molecule has 48 heavy (non-hydrogen) atoms. The maximum absolute atomic E-state index is 5.12. The molecule has 9 rings (SSSR count). The van der Waals surface area contributed by atoms with Gasteiger partial charge in [-0.25, -0.2) is 9.97 Å². The molecule has 0 unspecified atom stereocenters.